The predicted molar refractivity (Wildman–Crippen MR) is 141 cm³/mol. The van der Waals surface area contributed by atoms with Gasteiger partial charge in [0, 0.05) is 27.6 Å². The van der Waals surface area contributed by atoms with Gasteiger partial charge >= 0.3 is 0 Å². The van der Waals surface area contributed by atoms with Gasteiger partial charge in [0.1, 0.15) is 5.82 Å². The minimum atomic E-state index is -0.112. The Morgan fingerprint density at radius 2 is 1.26 bits per heavy atom. The molecule has 4 aromatic rings. The maximum Gasteiger partial charge on any atom is 0.134 e. The standard InChI is InChI=1S/C33H27F/c1-3-5-7-25-8-10-26(11-9-25)12-13-27-14-16-28(17-15-27)18-19-29-20-23-32-31(24-29)22-21-30(6-4-2)33(32)34/h3,8-11,14-17,20-24H,1,4-7H2,2H3. The van der Waals surface area contributed by atoms with Gasteiger partial charge in [-0.05, 0) is 84.3 Å². The molecule has 0 aliphatic heterocycles. The molecule has 0 heterocycles. The van der Waals surface area contributed by atoms with Crippen LogP contribution in [0.2, 0.25) is 0 Å². The highest BCUT2D eigenvalue weighted by molar-refractivity contribution is 5.85. The molecule has 0 unspecified atom stereocenters. The first kappa shape index (κ1) is 23.1. The average Bonchev–Trinajstić information content (AvgIpc) is 2.88. The predicted octanol–water partition coefficient (Wildman–Crippen LogP) is 7.85. The van der Waals surface area contributed by atoms with Crippen LogP contribution in [0.1, 0.15) is 53.1 Å². The van der Waals surface area contributed by atoms with E-state index in [-0.39, 0.29) is 5.82 Å². The van der Waals surface area contributed by atoms with E-state index in [9.17, 15) is 4.39 Å². The number of aryl methyl sites for hydroxylation is 2. The molecule has 4 rings (SSSR count). The normalized spacial score (nSPS) is 10.2. The quantitative estimate of drug-likeness (QED) is 0.218. The Labute approximate surface area is 202 Å². The van der Waals surface area contributed by atoms with Gasteiger partial charge in [0.25, 0.3) is 0 Å². The number of rotatable bonds is 5. The summed E-state index contributed by atoms with van der Waals surface area (Å²) in [7, 11) is 0. The third kappa shape index (κ3) is 5.83. The lowest BCUT2D eigenvalue weighted by Gasteiger charge is -2.06. The topological polar surface area (TPSA) is 0 Å². The minimum absolute atomic E-state index is 0.112. The van der Waals surface area contributed by atoms with E-state index in [0.29, 0.717) is 5.39 Å². The van der Waals surface area contributed by atoms with Crippen LogP contribution in [0, 0.1) is 29.5 Å². The van der Waals surface area contributed by atoms with Crippen LogP contribution in [-0.4, -0.2) is 0 Å². The largest absolute Gasteiger partial charge is 0.206 e. The number of halogens is 1. The van der Waals surface area contributed by atoms with E-state index in [1.807, 2.05) is 60.7 Å². The number of fused-ring (bicyclic) bond motifs is 1. The van der Waals surface area contributed by atoms with Gasteiger partial charge in [-0.2, -0.15) is 0 Å². The van der Waals surface area contributed by atoms with Gasteiger partial charge in [-0.1, -0.05) is 73.4 Å². The van der Waals surface area contributed by atoms with Crippen molar-refractivity contribution in [3.8, 4) is 23.7 Å². The molecule has 0 saturated carbocycles. The summed E-state index contributed by atoms with van der Waals surface area (Å²) in [5.74, 6) is 12.7. The van der Waals surface area contributed by atoms with E-state index < -0.39 is 0 Å². The number of allylic oxidation sites excluding steroid dienone is 1. The molecule has 0 atom stereocenters. The fraction of sp³-hybridized carbons (Fsp3) is 0.152. The molecule has 1 heteroatoms. The van der Waals surface area contributed by atoms with Crippen LogP contribution in [0.15, 0.2) is 91.5 Å². The smallest absolute Gasteiger partial charge is 0.134 e. The molecule has 0 amide bonds. The molecule has 0 spiro atoms. The molecule has 0 nitrogen and oxygen atoms in total. The molecule has 0 saturated heterocycles. The van der Waals surface area contributed by atoms with E-state index in [2.05, 4.69) is 61.4 Å². The lowest BCUT2D eigenvalue weighted by Crippen LogP contribution is -1.91. The zero-order chi connectivity index (χ0) is 23.8. The Bertz CT molecular complexity index is 1420. The van der Waals surface area contributed by atoms with Crippen LogP contribution < -0.4 is 0 Å². The van der Waals surface area contributed by atoms with Crippen LogP contribution in [-0.2, 0) is 12.8 Å². The van der Waals surface area contributed by atoms with Gasteiger partial charge in [0.2, 0.25) is 0 Å². The van der Waals surface area contributed by atoms with Crippen molar-refractivity contribution < 1.29 is 4.39 Å². The van der Waals surface area contributed by atoms with Gasteiger partial charge in [-0.3, -0.25) is 0 Å². The highest BCUT2D eigenvalue weighted by atomic mass is 19.1. The molecule has 0 aliphatic carbocycles. The fourth-order valence-corrected chi connectivity index (χ4v) is 3.83. The molecule has 0 fully saturated rings. The van der Waals surface area contributed by atoms with Gasteiger partial charge in [-0.25, -0.2) is 4.39 Å². The monoisotopic (exact) mass is 442 g/mol. The molecular weight excluding hydrogens is 415 g/mol. The summed E-state index contributed by atoms with van der Waals surface area (Å²) < 4.78 is 14.7. The maximum atomic E-state index is 14.7. The first-order chi connectivity index (χ1) is 16.7. The lowest BCUT2D eigenvalue weighted by molar-refractivity contribution is 0.619. The van der Waals surface area contributed by atoms with Crippen LogP contribution in [0.4, 0.5) is 4.39 Å². The molecule has 166 valence electrons. The van der Waals surface area contributed by atoms with Crippen LogP contribution in [0.25, 0.3) is 10.8 Å². The first-order valence-electron chi connectivity index (χ1n) is 11.7. The third-order valence-corrected chi connectivity index (χ3v) is 5.73. The van der Waals surface area contributed by atoms with Crippen molar-refractivity contribution in [1.82, 2.24) is 0 Å². The Morgan fingerprint density at radius 1 is 0.706 bits per heavy atom. The highest BCUT2D eigenvalue weighted by Crippen LogP contribution is 2.23. The Kier molecular flexibility index (Phi) is 7.60. The van der Waals surface area contributed by atoms with E-state index in [0.717, 1.165) is 58.9 Å². The second-order valence-electron chi connectivity index (χ2n) is 8.33. The van der Waals surface area contributed by atoms with Crippen molar-refractivity contribution in [2.24, 2.45) is 0 Å². The molecule has 4 aromatic carbocycles. The summed E-state index contributed by atoms with van der Waals surface area (Å²) in [5, 5.41) is 1.54. The van der Waals surface area contributed by atoms with Crippen LogP contribution in [0.5, 0.6) is 0 Å². The van der Waals surface area contributed by atoms with Crippen molar-refractivity contribution in [1.29, 1.82) is 0 Å². The summed E-state index contributed by atoms with van der Waals surface area (Å²) in [6.07, 6.45) is 5.62. The summed E-state index contributed by atoms with van der Waals surface area (Å²) in [6.45, 7) is 5.83. The van der Waals surface area contributed by atoms with E-state index in [1.165, 1.54) is 5.56 Å². The van der Waals surface area contributed by atoms with Crippen molar-refractivity contribution in [2.45, 2.75) is 32.6 Å². The van der Waals surface area contributed by atoms with Gasteiger partial charge in [-0.15, -0.1) is 6.58 Å². The van der Waals surface area contributed by atoms with E-state index >= 15 is 0 Å². The minimum Gasteiger partial charge on any atom is -0.206 e. The summed E-state index contributed by atoms with van der Waals surface area (Å²) in [4.78, 5) is 0. The molecular formula is C33H27F. The summed E-state index contributed by atoms with van der Waals surface area (Å²) >= 11 is 0. The molecule has 34 heavy (non-hydrogen) atoms. The Balaban J connectivity index is 1.45. The van der Waals surface area contributed by atoms with Gasteiger partial charge in [0.15, 0.2) is 0 Å². The van der Waals surface area contributed by atoms with Crippen molar-refractivity contribution >= 4 is 10.8 Å². The van der Waals surface area contributed by atoms with Crippen molar-refractivity contribution in [2.75, 3.05) is 0 Å². The Morgan fingerprint density at radius 3 is 1.85 bits per heavy atom. The SMILES string of the molecule is C=CCCc1ccc(C#Cc2ccc(C#Cc3ccc4c(F)c(CCC)ccc4c3)cc2)cc1. The second kappa shape index (κ2) is 11.2. The maximum absolute atomic E-state index is 14.7. The molecule has 0 bridgehead atoms. The van der Waals surface area contributed by atoms with Gasteiger partial charge in [0.05, 0.1) is 0 Å². The highest BCUT2D eigenvalue weighted by Gasteiger charge is 2.06. The molecule has 0 N–H and O–H groups in total. The zero-order valence-corrected chi connectivity index (χ0v) is 19.5. The van der Waals surface area contributed by atoms with Crippen LogP contribution >= 0.6 is 0 Å². The summed E-state index contributed by atoms with van der Waals surface area (Å²) in [6, 6.07) is 25.8. The average molecular weight is 443 g/mol. The van der Waals surface area contributed by atoms with E-state index in [1.54, 1.807) is 0 Å². The van der Waals surface area contributed by atoms with E-state index in [4.69, 9.17) is 0 Å². The summed E-state index contributed by atoms with van der Waals surface area (Å²) in [5.41, 5.74) is 5.81. The third-order valence-electron chi connectivity index (χ3n) is 5.73. The first-order valence-corrected chi connectivity index (χ1v) is 11.7. The second-order valence-corrected chi connectivity index (χ2v) is 8.33. The van der Waals surface area contributed by atoms with Crippen molar-refractivity contribution in [3.63, 3.8) is 0 Å². The van der Waals surface area contributed by atoms with Gasteiger partial charge < -0.3 is 0 Å². The van der Waals surface area contributed by atoms with Crippen molar-refractivity contribution in [3.05, 3.63) is 131 Å². The fourth-order valence-electron chi connectivity index (χ4n) is 3.83. The molecule has 0 aromatic heterocycles. The Hall–Kier alpha value is -4.07. The zero-order valence-electron chi connectivity index (χ0n) is 19.5. The number of hydrogen-bond donors (Lipinski definition) is 0. The van der Waals surface area contributed by atoms with Crippen LogP contribution in [0.3, 0.4) is 0 Å². The number of benzene rings is 4. The number of hydrogen-bond acceptors (Lipinski definition) is 0. The lowest BCUT2D eigenvalue weighted by atomic mass is 10.0. The molecule has 0 aliphatic rings. The molecule has 0 radical (unpaired) electrons.